The highest BCUT2D eigenvalue weighted by molar-refractivity contribution is 5.68. The fraction of sp³-hybridized carbons (Fsp3) is 0.400. The molecule has 0 aliphatic carbocycles. The van der Waals surface area contributed by atoms with E-state index in [0.717, 1.165) is 24.1 Å². The van der Waals surface area contributed by atoms with Gasteiger partial charge in [0.25, 0.3) is 0 Å². The van der Waals surface area contributed by atoms with E-state index in [1.165, 1.54) is 0 Å². The Balaban J connectivity index is 1.40. The molecule has 0 radical (unpaired) electrons. The molecule has 166 valence electrons. The molecule has 2 fully saturated rings. The topological polar surface area (TPSA) is 75.9 Å². The second-order valence-corrected chi connectivity index (χ2v) is 9.87. The predicted octanol–water partition coefficient (Wildman–Crippen LogP) is 4.70. The maximum absolute atomic E-state index is 15.5. The molecule has 2 aliphatic heterocycles. The summed E-state index contributed by atoms with van der Waals surface area (Å²) in [6, 6.07) is 5.36. The van der Waals surface area contributed by atoms with Crippen LogP contribution in [0.3, 0.4) is 0 Å². The van der Waals surface area contributed by atoms with E-state index < -0.39 is 11.7 Å². The monoisotopic (exact) mass is 433 g/mol. The maximum atomic E-state index is 15.5. The molecule has 2 bridgehead atoms. The Morgan fingerprint density at radius 2 is 2.06 bits per heavy atom. The molecule has 0 spiro atoms. The van der Waals surface area contributed by atoms with Gasteiger partial charge in [0.05, 0.1) is 41.3 Å². The van der Waals surface area contributed by atoms with E-state index >= 15 is 4.39 Å². The molecule has 32 heavy (non-hydrogen) atoms. The summed E-state index contributed by atoms with van der Waals surface area (Å²) < 4.78 is 17.3. The molecule has 3 aromatic rings. The minimum atomic E-state index is -1.06. The van der Waals surface area contributed by atoms with E-state index in [4.69, 9.17) is 0 Å². The molecule has 1 aromatic carbocycles. The molecule has 0 unspecified atom stereocenters. The first-order valence-corrected chi connectivity index (χ1v) is 11.0. The number of rotatable bonds is 3. The van der Waals surface area contributed by atoms with Gasteiger partial charge >= 0.3 is 0 Å². The van der Waals surface area contributed by atoms with Gasteiger partial charge in [-0.05, 0) is 62.8 Å². The van der Waals surface area contributed by atoms with Crippen LogP contribution in [0.1, 0.15) is 45.7 Å². The van der Waals surface area contributed by atoms with Gasteiger partial charge in [0.2, 0.25) is 0 Å². The lowest BCUT2D eigenvalue weighted by Crippen LogP contribution is -2.68. The fourth-order valence-corrected chi connectivity index (χ4v) is 5.76. The van der Waals surface area contributed by atoms with Gasteiger partial charge in [0.15, 0.2) is 0 Å². The van der Waals surface area contributed by atoms with E-state index in [1.807, 2.05) is 29.8 Å². The number of benzene rings is 1. The van der Waals surface area contributed by atoms with Crippen LogP contribution < -0.4 is 5.32 Å². The van der Waals surface area contributed by atoms with Crippen LogP contribution in [0.5, 0.6) is 5.75 Å². The van der Waals surface area contributed by atoms with Crippen molar-refractivity contribution in [2.45, 2.75) is 57.3 Å². The van der Waals surface area contributed by atoms with E-state index in [2.05, 4.69) is 34.1 Å². The average Bonchev–Trinajstić information content (AvgIpc) is 3.26. The Morgan fingerprint density at radius 1 is 1.22 bits per heavy atom. The lowest BCUT2D eigenvalue weighted by molar-refractivity contribution is 0.0299. The lowest BCUT2D eigenvalue weighted by Gasteiger charge is -2.55. The Hall–Kier alpha value is -3.06. The zero-order valence-corrected chi connectivity index (χ0v) is 18.6. The number of hydrogen-bond donors (Lipinski definition) is 2. The van der Waals surface area contributed by atoms with Crippen molar-refractivity contribution < 1.29 is 9.50 Å². The molecule has 5 rings (SSSR count). The van der Waals surface area contributed by atoms with Gasteiger partial charge in [-0.25, -0.2) is 9.37 Å². The summed E-state index contributed by atoms with van der Waals surface area (Å²) in [5.74, 6) is 0.611. The summed E-state index contributed by atoms with van der Waals surface area (Å²) in [6.07, 6.45) is 11.7. The summed E-state index contributed by atoms with van der Waals surface area (Å²) in [4.78, 5) is 13.0. The first-order chi connectivity index (χ1) is 15.2. The molecule has 2 saturated heterocycles. The number of aromatic hydroxyl groups is 1. The summed E-state index contributed by atoms with van der Waals surface area (Å²) in [5.41, 5.74) is 2.71. The standard InChI is InChI=1S/C25H28FN5O/c1-16-10-24(2)12-17(23(26)25(3,11-16)30-24)8-18-13-29-21(14-28-18)20-5-4-19(9-22(20)32)31-7-6-27-15-31/h4-9,13-16,23,30,32H,10-12H2,1-3H3/b17-8-/t16-,23-,24+,25-/m1/s1. The van der Waals surface area contributed by atoms with Crippen molar-refractivity contribution in [3.63, 3.8) is 0 Å². The maximum Gasteiger partial charge on any atom is 0.139 e. The molecule has 7 heteroatoms. The number of nitrogens with zero attached hydrogens (tertiary/aromatic N) is 4. The van der Waals surface area contributed by atoms with Gasteiger partial charge < -0.3 is 15.0 Å². The number of aromatic nitrogens is 4. The number of phenolic OH excluding ortho intramolecular Hbond substituents is 1. The summed E-state index contributed by atoms with van der Waals surface area (Å²) in [7, 11) is 0. The second-order valence-electron chi connectivity index (χ2n) is 9.87. The molecular formula is C25H28FN5O. The summed E-state index contributed by atoms with van der Waals surface area (Å²) >= 11 is 0. The van der Waals surface area contributed by atoms with Crippen molar-refractivity contribution in [3.8, 4) is 22.7 Å². The Morgan fingerprint density at radius 3 is 2.75 bits per heavy atom. The second kappa shape index (κ2) is 7.52. The number of hydrogen-bond acceptors (Lipinski definition) is 5. The van der Waals surface area contributed by atoms with Crippen LogP contribution in [0.15, 0.2) is 54.9 Å². The molecule has 4 heterocycles. The molecule has 0 saturated carbocycles. The van der Waals surface area contributed by atoms with Crippen LogP contribution in [0.2, 0.25) is 0 Å². The van der Waals surface area contributed by atoms with Gasteiger partial charge in [-0.2, -0.15) is 0 Å². The molecule has 4 atom stereocenters. The first-order valence-electron chi connectivity index (χ1n) is 11.0. The molecule has 2 aromatic heterocycles. The molecule has 2 aliphatic rings. The highest BCUT2D eigenvalue weighted by atomic mass is 19.1. The van der Waals surface area contributed by atoms with Gasteiger partial charge in [-0.3, -0.25) is 9.97 Å². The number of phenols is 1. The van der Waals surface area contributed by atoms with Crippen molar-refractivity contribution >= 4 is 6.08 Å². The minimum Gasteiger partial charge on any atom is -0.507 e. The van der Waals surface area contributed by atoms with Crippen LogP contribution >= 0.6 is 0 Å². The van der Waals surface area contributed by atoms with E-state index in [-0.39, 0.29) is 11.3 Å². The largest absolute Gasteiger partial charge is 0.507 e. The number of nitrogens with one attached hydrogen (secondary N) is 1. The number of halogens is 1. The molecular weight excluding hydrogens is 405 g/mol. The lowest BCUT2D eigenvalue weighted by atomic mass is 9.65. The summed E-state index contributed by atoms with van der Waals surface area (Å²) in [5, 5.41) is 14.1. The highest BCUT2D eigenvalue weighted by Gasteiger charge is 2.52. The minimum absolute atomic E-state index is 0.100. The first kappa shape index (κ1) is 20.8. The number of fused-ring (bicyclic) bond motifs is 2. The Bertz CT molecular complexity index is 1160. The van der Waals surface area contributed by atoms with Crippen molar-refractivity contribution in [1.29, 1.82) is 0 Å². The van der Waals surface area contributed by atoms with E-state index in [1.54, 1.807) is 37.1 Å². The smallest absolute Gasteiger partial charge is 0.139 e. The van der Waals surface area contributed by atoms with Crippen molar-refractivity contribution in [2.24, 2.45) is 5.92 Å². The highest BCUT2D eigenvalue weighted by Crippen LogP contribution is 2.46. The normalized spacial score (nSPS) is 31.1. The Kier molecular flexibility index (Phi) is 4.89. The average molecular weight is 434 g/mol. The third kappa shape index (κ3) is 3.71. The van der Waals surface area contributed by atoms with Crippen LogP contribution in [0.25, 0.3) is 23.0 Å². The SMILES string of the molecule is C[C@@H]1C[C@@]2(C)C/C(=C/c3cnc(-c4ccc(-n5ccnc5)cc4O)cn3)[C@@H](F)[C@@](C)(C1)N2. The van der Waals surface area contributed by atoms with Crippen LogP contribution in [-0.2, 0) is 0 Å². The van der Waals surface area contributed by atoms with Crippen molar-refractivity contribution in [1.82, 2.24) is 24.8 Å². The predicted molar refractivity (Wildman–Crippen MR) is 122 cm³/mol. The van der Waals surface area contributed by atoms with Gasteiger partial charge in [0.1, 0.15) is 11.9 Å². The van der Waals surface area contributed by atoms with Crippen LogP contribution in [0.4, 0.5) is 4.39 Å². The third-order valence-corrected chi connectivity index (χ3v) is 6.70. The number of imidazole rings is 1. The van der Waals surface area contributed by atoms with E-state index in [9.17, 15) is 5.11 Å². The fourth-order valence-electron chi connectivity index (χ4n) is 5.76. The molecule has 6 nitrogen and oxygen atoms in total. The van der Waals surface area contributed by atoms with Crippen LogP contribution in [-0.4, -0.2) is 41.9 Å². The molecule has 2 N–H and O–H groups in total. The zero-order chi connectivity index (χ0) is 22.5. The van der Waals surface area contributed by atoms with Crippen LogP contribution in [0, 0.1) is 5.92 Å². The van der Waals surface area contributed by atoms with Gasteiger partial charge in [0, 0.05) is 29.6 Å². The van der Waals surface area contributed by atoms with Gasteiger partial charge in [-0.15, -0.1) is 0 Å². The number of piperidine rings is 2. The zero-order valence-electron chi connectivity index (χ0n) is 18.6. The van der Waals surface area contributed by atoms with Crippen molar-refractivity contribution in [2.75, 3.05) is 0 Å². The third-order valence-electron chi connectivity index (χ3n) is 6.70. The Labute approximate surface area is 187 Å². The number of alkyl halides is 1. The summed E-state index contributed by atoms with van der Waals surface area (Å²) in [6.45, 7) is 6.38. The van der Waals surface area contributed by atoms with Gasteiger partial charge in [-0.1, -0.05) is 6.92 Å². The molecule has 0 amide bonds. The quantitative estimate of drug-likeness (QED) is 0.626. The van der Waals surface area contributed by atoms with E-state index in [0.29, 0.717) is 29.3 Å². The van der Waals surface area contributed by atoms with Crippen molar-refractivity contribution in [3.05, 3.63) is 60.6 Å².